The van der Waals surface area contributed by atoms with E-state index in [1.54, 1.807) is 6.08 Å². The van der Waals surface area contributed by atoms with Crippen LogP contribution in [0, 0.1) is 0 Å². The Labute approximate surface area is 394 Å². The molecule has 0 aromatic heterocycles. The lowest BCUT2D eigenvalue weighted by atomic mass is 9.93. The van der Waals surface area contributed by atoms with Crippen molar-refractivity contribution >= 4 is 5.78 Å². The van der Waals surface area contributed by atoms with Gasteiger partial charge in [0.1, 0.15) is 48.8 Å². The van der Waals surface area contributed by atoms with E-state index in [-0.39, 0.29) is 51.8 Å². The molecule has 2 aliphatic heterocycles. The summed E-state index contributed by atoms with van der Waals surface area (Å²) >= 11 is 0. The van der Waals surface area contributed by atoms with Gasteiger partial charge in [0.15, 0.2) is 12.1 Å². The molecule has 6 aromatic rings. The number of benzene rings is 6. The Bertz CT molecular complexity index is 2320. The van der Waals surface area contributed by atoms with Crippen LogP contribution in [-0.4, -0.2) is 74.1 Å². The van der Waals surface area contributed by atoms with Gasteiger partial charge in [-0.1, -0.05) is 188 Å². The molecule has 0 N–H and O–H groups in total. The minimum absolute atomic E-state index is 0.0916. The summed E-state index contributed by atoms with van der Waals surface area (Å²) < 4.78 is 61.2. The highest BCUT2D eigenvalue weighted by Gasteiger charge is 2.53. The van der Waals surface area contributed by atoms with Crippen LogP contribution in [0.3, 0.4) is 0 Å². The van der Waals surface area contributed by atoms with Crippen molar-refractivity contribution < 1.29 is 47.4 Å². The van der Waals surface area contributed by atoms with E-state index < -0.39 is 55.1 Å². The molecule has 67 heavy (non-hydrogen) atoms. The normalized spacial score (nSPS) is 24.0. The van der Waals surface area contributed by atoms with Crippen molar-refractivity contribution in [3.63, 3.8) is 0 Å². The molecule has 0 aliphatic carbocycles. The van der Waals surface area contributed by atoms with Gasteiger partial charge in [0.25, 0.3) is 0 Å². The van der Waals surface area contributed by atoms with E-state index in [2.05, 4.69) is 6.58 Å². The predicted molar refractivity (Wildman–Crippen MR) is 254 cm³/mol. The Morgan fingerprint density at radius 1 is 0.418 bits per heavy atom. The van der Waals surface area contributed by atoms with E-state index >= 15 is 0 Å². The van der Waals surface area contributed by atoms with E-state index in [1.807, 2.05) is 182 Å². The third-order valence-electron chi connectivity index (χ3n) is 11.8. The third kappa shape index (κ3) is 14.0. The molecular formula is C57H60O10. The molecule has 9 atom stereocenters. The number of ether oxygens (including phenoxy) is 9. The highest BCUT2D eigenvalue weighted by Crippen LogP contribution is 2.35. The zero-order valence-electron chi connectivity index (χ0n) is 37.7. The average Bonchev–Trinajstić information content (AvgIpc) is 3.38. The molecule has 348 valence electrons. The molecule has 6 aromatic carbocycles. The minimum Gasteiger partial charge on any atom is -0.374 e. The average molecular weight is 905 g/mol. The van der Waals surface area contributed by atoms with Gasteiger partial charge in [0, 0.05) is 0 Å². The molecule has 2 aliphatic rings. The van der Waals surface area contributed by atoms with Gasteiger partial charge >= 0.3 is 0 Å². The summed E-state index contributed by atoms with van der Waals surface area (Å²) in [6.07, 6.45) is -5.94. The standard InChI is InChI=1S/C57H60O10/c1-2-21-48-51(58)54(62-37-45-28-15-6-16-29-45)53(50(65-48)41-60-35-43-24-11-4-12-25-43)67-57-56(64-39-47-32-19-8-20-33-47)55(63-38-46-30-17-7-18-31-46)52(61-36-44-26-13-5-14-27-44)49(66-57)40-59-34-42-22-9-3-10-23-42/h2-20,22-33,48-50,52-57H,1,21,34-41H2/t48-,49-,50-,52+,53-,54-,55+,56-,57+/m1/s1. The number of carbonyl (C=O) groups excluding carboxylic acids is 1. The number of hydrogen-bond donors (Lipinski definition) is 0. The lowest BCUT2D eigenvalue weighted by Gasteiger charge is -2.48. The monoisotopic (exact) mass is 904 g/mol. The Morgan fingerprint density at radius 2 is 0.776 bits per heavy atom. The second kappa shape index (κ2) is 25.5. The number of hydrogen-bond acceptors (Lipinski definition) is 10. The fraction of sp³-hybridized carbons (Fsp3) is 0.316. The molecule has 10 heteroatoms. The van der Waals surface area contributed by atoms with Gasteiger partial charge in [-0.05, 0) is 39.8 Å². The summed E-state index contributed by atoms with van der Waals surface area (Å²) in [6.45, 7) is 5.71. The smallest absolute Gasteiger partial charge is 0.193 e. The first kappa shape index (κ1) is 47.8. The summed E-state index contributed by atoms with van der Waals surface area (Å²) in [5.41, 5.74) is 5.80. The Kier molecular flexibility index (Phi) is 18.2. The molecular weight excluding hydrogens is 845 g/mol. The van der Waals surface area contributed by atoms with Crippen LogP contribution < -0.4 is 0 Å². The molecule has 0 amide bonds. The Balaban J connectivity index is 1.17. The number of rotatable bonds is 24. The van der Waals surface area contributed by atoms with Gasteiger partial charge in [-0.15, -0.1) is 6.58 Å². The fourth-order valence-corrected chi connectivity index (χ4v) is 8.33. The summed E-state index contributed by atoms with van der Waals surface area (Å²) in [5, 5.41) is 0. The topological polar surface area (TPSA) is 100 Å². The van der Waals surface area contributed by atoms with Gasteiger partial charge in [0.05, 0.1) is 52.9 Å². The number of ketones is 1. The first-order chi connectivity index (χ1) is 33.1. The van der Waals surface area contributed by atoms with Crippen LogP contribution in [0.25, 0.3) is 0 Å². The lowest BCUT2D eigenvalue weighted by molar-refractivity contribution is -0.350. The number of carbonyl (C=O) groups is 1. The Morgan fingerprint density at radius 3 is 1.19 bits per heavy atom. The Hall–Kier alpha value is -5.63. The molecule has 2 fully saturated rings. The highest BCUT2D eigenvalue weighted by molar-refractivity contribution is 5.89. The van der Waals surface area contributed by atoms with E-state index in [0.29, 0.717) is 13.2 Å². The van der Waals surface area contributed by atoms with E-state index in [1.165, 1.54) is 0 Å². The summed E-state index contributed by atoms with van der Waals surface area (Å²) in [4.78, 5) is 14.6. The first-order valence-corrected chi connectivity index (χ1v) is 23.1. The maximum absolute atomic E-state index is 14.6. The summed E-state index contributed by atoms with van der Waals surface area (Å²) in [7, 11) is 0. The van der Waals surface area contributed by atoms with Crippen molar-refractivity contribution in [1.82, 2.24) is 0 Å². The quantitative estimate of drug-likeness (QED) is 0.0546. The second-order valence-corrected chi connectivity index (χ2v) is 16.7. The van der Waals surface area contributed by atoms with E-state index in [4.69, 9.17) is 42.6 Å². The van der Waals surface area contributed by atoms with Gasteiger partial charge in [-0.3, -0.25) is 4.79 Å². The van der Waals surface area contributed by atoms with Crippen molar-refractivity contribution in [3.05, 3.63) is 228 Å². The maximum Gasteiger partial charge on any atom is 0.193 e. The number of Topliss-reactive ketones (excluding diaryl/α,β-unsaturated/α-hetero) is 1. The van der Waals surface area contributed by atoms with E-state index in [0.717, 1.165) is 33.4 Å². The van der Waals surface area contributed by atoms with Crippen molar-refractivity contribution in [2.45, 2.75) is 101 Å². The third-order valence-corrected chi connectivity index (χ3v) is 11.8. The van der Waals surface area contributed by atoms with Gasteiger partial charge in [-0.25, -0.2) is 0 Å². The molecule has 10 nitrogen and oxygen atoms in total. The SMILES string of the molecule is C=CC[C@H]1O[C@H](COCc2ccccc2)[C@@H](O[C@@H]2O[C@H](COCc3ccccc3)[C@H](OCc3ccccc3)[C@H](OCc3ccccc3)[C@H]2OCc2ccccc2)[C@H](OCc2ccccc2)C1=O. The van der Waals surface area contributed by atoms with Crippen LogP contribution in [0.4, 0.5) is 0 Å². The van der Waals surface area contributed by atoms with Crippen molar-refractivity contribution in [1.29, 1.82) is 0 Å². The highest BCUT2D eigenvalue weighted by atomic mass is 16.7. The van der Waals surface area contributed by atoms with E-state index in [9.17, 15) is 4.79 Å². The molecule has 0 unspecified atom stereocenters. The maximum atomic E-state index is 14.6. The van der Waals surface area contributed by atoms with Crippen LogP contribution in [0.15, 0.2) is 195 Å². The zero-order chi connectivity index (χ0) is 45.9. The van der Waals surface area contributed by atoms with Crippen LogP contribution in [0.2, 0.25) is 0 Å². The largest absolute Gasteiger partial charge is 0.374 e. The minimum atomic E-state index is -1.14. The molecule has 0 spiro atoms. The first-order valence-electron chi connectivity index (χ1n) is 23.1. The second-order valence-electron chi connectivity index (χ2n) is 16.7. The van der Waals surface area contributed by atoms with Crippen LogP contribution >= 0.6 is 0 Å². The molecule has 0 bridgehead atoms. The summed E-state index contributed by atoms with van der Waals surface area (Å²) in [5.74, 6) is -0.263. The van der Waals surface area contributed by atoms with Crippen LogP contribution in [0.5, 0.6) is 0 Å². The van der Waals surface area contributed by atoms with Gasteiger partial charge in [-0.2, -0.15) is 0 Å². The fourth-order valence-electron chi connectivity index (χ4n) is 8.33. The van der Waals surface area contributed by atoms with Crippen molar-refractivity contribution in [2.75, 3.05) is 13.2 Å². The van der Waals surface area contributed by atoms with Gasteiger partial charge < -0.3 is 42.6 Å². The van der Waals surface area contributed by atoms with Crippen molar-refractivity contribution in [3.8, 4) is 0 Å². The van der Waals surface area contributed by atoms with Crippen molar-refractivity contribution in [2.24, 2.45) is 0 Å². The molecule has 8 rings (SSSR count). The molecule has 2 saturated heterocycles. The molecule has 0 saturated carbocycles. The van der Waals surface area contributed by atoms with Crippen LogP contribution in [0.1, 0.15) is 39.8 Å². The van der Waals surface area contributed by atoms with Gasteiger partial charge in [0.2, 0.25) is 0 Å². The molecule has 2 heterocycles. The summed E-state index contributed by atoms with van der Waals surface area (Å²) in [6, 6.07) is 59.5. The van der Waals surface area contributed by atoms with Crippen LogP contribution in [-0.2, 0) is 87.1 Å². The molecule has 0 radical (unpaired) electrons. The lowest BCUT2D eigenvalue weighted by Crippen LogP contribution is -2.65. The zero-order valence-corrected chi connectivity index (χ0v) is 37.7. The predicted octanol–water partition coefficient (Wildman–Crippen LogP) is 9.78.